The van der Waals surface area contributed by atoms with Crippen molar-refractivity contribution in [3.05, 3.63) is 0 Å². The Balaban J connectivity index is 0.000000112. The molecule has 8 nitrogen and oxygen atoms in total. The number of likely N-dealkylation sites (tertiary alicyclic amines) is 8. The fourth-order valence-corrected chi connectivity index (χ4v) is 18.9. The first kappa shape index (κ1) is 65.4. The Morgan fingerprint density at radius 1 is 0.333 bits per heavy atom. The SMILES string of the molecule is [B]C12CC1CN(C)C2.[B]C12CCCC1CN(C)C2.[B]C12CCCCC1CN(C)C2.[B]C1C2CN(C)CC12.[B]C1C2CN(C)CC2CC1(F)F.[B]C1C2CN(C)CC2CCC1(F)F.[B]C1CC2CN(C)CC12.[B]C1CCC2CN(C)CC12. The molecule has 0 spiro atoms. The van der Waals surface area contributed by atoms with Crippen molar-refractivity contribution < 1.29 is 17.6 Å². The molecule has 16 aliphatic rings. The molecule has 20 unspecified atom stereocenters. The van der Waals surface area contributed by atoms with Gasteiger partial charge in [0.15, 0.2) is 0 Å². The highest BCUT2D eigenvalue weighted by molar-refractivity contribution is 6.18. The number of hydrogen-bond acceptors (Lipinski definition) is 8. The average molecular weight is 1110 g/mol. The lowest BCUT2D eigenvalue weighted by Crippen LogP contribution is -2.38. The van der Waals surface area contributed by atoms with Crippen LogP contribution in [-0.4, -0.2) is 275 Å². The van der Waals surface area contributed by atoms with Gasteiger partial charge in [-0.15, -0.1) is 0 Å². The number of hydrogen-bond donors (Lipinski definition) is 0. The van der Waals surface area contributed by atoms with Crippen molar-refractivity contribution in [1.29, 1.82) is 0 Å². The van der Waals surface area contributed by atoms with E-state index in [1.165, 1.54) is 130 Å². The third-order valence-electron chi connectivity index (χ3n) is 23.8. The zero-order chi connectivity index (χ0) is 58.7. The summed E-state index contributed by atoms with van der Waals surface area (Å²) in [5, 5.41) is 0.649. The molecule has 20 heteroatoms. The highest BCUT2D eigenvalue weighted by atomic mass is 19.3. The van der Waals surface area contributed by atoms with Gasteiger partial charge in [-0.05, 0) is 206 Å². The smallest absolute Gasteiger partial charge is 0.243 e. The first-order chi connectivity index (χ1) is 38.0. The number of fused-ring (bicyclic) bond motifs is 8. The Bertz CT molecular complexity index is 2040. The molecule has 0 aromatic carbocycles. The van der Waals surface area contributed by atoms with E-state index < -0.39 is 23.5 Å². The topological polar surface area (TPSA) is 25.9 Å². The molecule has 8 saturated heterocycles. The molecule has 16 radical (unpaired) electrons. The lowest BCUT2D eigenvalue weighted by atomic mass is 9.56. The molecule has 8 saturated carbocycles. The Morgan fingerprint density at radius 3 is 1.22 bits per heavy atom. The molecule has 16 rings (SSSR count). The summed E-state index contributed by atoms with van der Waals surface area (Å²) in [6, 6.07) is 0. The number of piperidine rings is 2. The van der Waals surface area contributed by atoms with Gasteiger partial charge in [-0.25, -0.2) is 17.6 Å². The maximum Gasteiger partial charge on any atom is 0.243 e. The third kappa shape index (κ3) is 15.5. The van der Waals surface area contributed by atoms with Gasteiger partial charge in [0.05, 0.1) is 62.8 Å². The minimum Gasteiger partial charge on any atom is -0.306 e. The van der Waals surface area contributed by atoms with Crippen molar-refractivity contribution in [1.82, 2.24) is 39.2 Å². The number of alkyl halides is 4. The standard InChI is InChI=1S/C9H14BF2N.C9H16BN.C8H12BF2N.2C8H14BN.C7H12BN.2C6H10BN/c1-13-4-6-2-3-9(11,12)8(10)7(6)5-13;1-11-6-8-4-2-3-5-9(8,10)7-11;1-12-3-5-2-8(10,11)7(9)6(5)4-12;1-10-4-6-2-3-8(9)7(6)5-10;1-10-5-7-3-2-4-8(7,9)6-10;1-9-3-5-2-7(8)6(5)4-9;1-8-3-5-2-6(5,7)4-8;1-8-2-4-5(3-8)6(4)7/h6-8H,2-5H2,1H3;8H,2-7H2,1H3;5-7H,2-4H2,1H3;6-8H,2-5H2,1H3;7H,2-6H2,1H3;5-7H,2-4H2,1H3;5H,2-4H2,1H3;4-6H,2-3H2,1H3. The van der Waals surface area contributed by atoms with Crippen LogP contribution in [0.2, 0.25) is 45.0 Å². The van der Waals surface area contributed by atoms with Crippen molar-refractivity contribution in [2.24, 2.45) is 76.9 Å². The number of rotatable bonds is 0. The summed E-state index contributed by atoms with van der Waals surface area (Å²) in [5.74, 6) is 2.78. The van der Waals surface area contributed by atoms with Crippen LogP contribution < -0.4 is 0 Å². The lowest BCUT2D eigenvalue weighted by molar-refractivity contribution is -0.0587. The summed E-state index contributed by atoms with van der Waals surface area (Å²) >= 11 is 0. The molecule has 8 aliphatic heterocycles. The van der Waals surface area contributed by atoms with Crippen LogP contribution in [0.25, 0.3) is 0 Å². The van der Waals surface area contributed by atoms with E-state index in [0.717, 1.165) is 99.1 Å². The summed E-state index contributed by atoms with van der Waals surface area (Å²) in [6.45, 7) is 17.8. The number of nitrogens with zero attached hydrogens (tertiary/aromatic N) is 8. The molecule has 0 aromatic rings. The molecule has 8 heterocycles. The predicted octanol–water partition coefficient (Wildman–Crippen LogP) is 7.07. The molecule has 20 atom stereocenters. The van der Waals surface area contributed by atoms with Crippen LogP contribution in [0.15, 0.2) is 0 Å². The first-order valence-electron chi connectivity index (χ1n) is 32.3. The normalized spacial score (nSPS) is 48.3. The third-order valence-corrected chi connectivity index (χ3v) is 23.8. The van der Waals surface area contributed by atoms with Crippen molar-refractivity contribution in [3.8, 4) is 0 Å². The van der Waals surface area contributed by atoms with Crippen molar-refractivity contribution in [2.75, 3.05) is 161 Å². The molecule has 0 bridgehead atoms. The van der Waals surface area contributed by atoms with Gasteiger partial charge in [-0.2, -0.15) is 0 Å². The van der Waals surface area contributed by atoms with Gasteiger partial charge >= 0.3 is 0 Å². The summed E-state index contributed by atoms with van der Waals surface area (Å²) in [6.07, 6.45) is 15.1. The zero-order valence-electron chi connectivity index (χ0n) is 51.8. The number of halogens is 4. The second kappa shape index (κ2) is 26.2. The van der Waals surface area contributed by atoms with Crippen molar-refractivity contribution in [2.45, 2.75) is 147 Å². The summed E-state index contributed by atoms with van der Waals surface area (Å²) in [4.78, 5) is 18.4. The Morgan fingerprint density at radius 2 is 0.753 bits per heavy atom. The van der Waals surface area contributed by atoms with E-state index in [9.17, 15) is 17.6 Å². The van der Waals surface area contributed by atoms with E-state index in [1.54, 1.807) is 0 Å². The van der Waals surface area contributed by atoms with Crippen LogP contribution in [0, 0.1) is 76.9 Å². The van der Waals surface area contributed by atoms with Crippen LogP contribution in [-0.2, 0) is 0 Å². The fourth-order valence-electron chi connectivity index (χ4n) is 18.9. The molecule has 8 aliphatic carbocycles. The van der Waals surface area contributed by atoms with Crippen LogP contribution >= 0.6 is 0 Å². The van der Waals surface area contributed by atoms with E-state index in [0.29, 0.717) is 29.8 Å². The summed E-state index contributed by atoms with van der Waals surface area (Å²) in [7, 11) is 63.9. The predicted molar refractivity (Wildman–Crippen MR) is 333 cm³/mol. The molecule has 438 valence electrons. The highest BCUT2D eigenvalue weighted by Gasteiger charge is 2.56. The van der Waals surface area contributed by atoms with Gasteiger partial charge in [0, 0.05) is 97.9 Å². The van der Waals surface area contributed by atoms with Crippen LogP contribution in [0.3, 0.4) is 0 Å². The molecule has 81 heavy (non-hydrogen) atoms. The van der Waals surface area contributed by atoms with Crippen molar-refractivity contribution >= 4 is 62.8 Å². The molecule has 16 fully saturated rings. The first-order valence-corrected chi connectivity index (χ1v) is 32.3. The molecule has 0 amide bonds. The second-order valence-corrected chi connectivity index (χ2v) is 30.9. The Kier molecular flexibility index (Phi) is 21.1. The summed E-state index contributed by atoms with van der Waals surface area (Å²) < 4.78 is 52.5. The maximum absolute atomic E-state index is 13.2. The van der Waals surface area contributed by atoms with E-state index in [4.69, 9.17) is 62.8 Å². The van der Waals surface area contributed by atoms with E-state index >= 15 is 0 Å². The van der Waals surface area contributed by atoms with Gasteiger partial charge in [0.1, 0.15) is 0 Å². The van der Waals surface area contributed by atoms with Gasteiger partial charge in [-0.3, -0.25) is 0 Å². The molecule has 0 aromatic heterocycles. The maximum atomic E-state index is 13.2. The van der Waals surface area contributed by atoms with Crippen LogP contribution in [0.4, 0.5) is 17.6 Å². The lowest BCUT2D eigenvalue weighted by Gasteiger charge is -2.37. The molecular formula is C61H102B8F4N8. The van der Waals surface area contributed by atoms with Crippen molar-refractivity contribution in [3.63, 3.8) is 0 Å². The van der Waals surface area contributed by atoms with Gasteiger partial charge in [-0.1, -0.05) is 68.8 Å². The van der Waals surface area contributed by atoms with E-state index in [1.807, 2.05) is 14.1 Å². The zero-order valence-corrected chi connectivity index (χ0v) is 51.8. The largest absolute Gasteiger partial charge is 0.306 e. The van der Waals surface area contributed by atoms with Gasteiger partial charge in [0.2, 0.25) is 11.8 Å². The highest BCUT2D eigenvalue weighted by Crippen LogP contribution is 2.61. The summed E-state index contributed by atoms with van der Waals surface area (Å²) in [5.41, 5.74) is 0. The Hall–Kier alpha value is -0.0805. The quantitative estimate of drug-likeness (QED) is 0.188. The van der Waals surface area contributed by atoms with Crippen LogP contribution in [0.1, 0.15) is 89.9 Å². The van der Waals surface area contributed by atoms with Gasteiger partial charge in [0.25, 0.3) is 0 Å². The minimum atomic E-state index is -2.63. The van der Waals surface area contributed by atoms with E-state index in [-0.39, 0.29) is 46.5 Å². The van der Waals surface area contributed by atoms with E-state index in [2.05, 4.69) is 81.5 Å². The van der Waals surface area contributed by atoms with Gasteiger partial charge < -0.3 is 39.2 Å². The monoisotopic (exact) mass is 1110 g/mol. The average Bonchev–Trinajstić information content (AvgIpc) is 4.30. The fraction of sp³-hybridized carbons (Fsp3) is 1.00. The molecular weight excluding hydrogens is 1010 g/mol. The minimum absolute atomic E-state index is 0.00810. The molecule has 0 N–H and O–H groups in total. The second-order valence-electron chi connectivity index (χ2n) is 30.9. The van der Waals surface area contributed by atoms with Crippen LogP contribution in [0.5, 0.6) is 0 Å². The Labute approximate surface area is 502 Å².